The van der Waals surface area contributed by atoms with E-state index in [0.29, 0.717) is 19.4 Å². The van der Waals surface area contributed by atoms with E-state index < -0.39 is 5.92 Å². The fraction of sp³-hybridized carbons (Fsp3) is 0.786. The Balaban J connectivity index is 1.99. The van der Waals surface area contributed by atoms with Crippen LogP contribution >= 0.6 is 0 Å². The molecule has 1 amide bonds. The van der Waals surface area contributed by atoms with Crippen molar-refractivity contribution in [1.29, 1.82) is 0 Å². The zero-order valence-electron chi connectivity index (χ0n) is 11.2. The van der Waals surface area contributed by atoms with Gasteiger partial charge in [0, 0.05) is 25.4 Å². The van der Waals surface area contributed by atoms with Crippen LogP contribution in [0, 0.1) is 0 Å². The third-order valence-corrected chi connectivity index (χ3v) is 4.09. The molecule has 2 aliphatic rings. The van der Waals surface area contributed by atoms with Crippen LogP contribution in [-0.4, -0.2) is 41.9 Å². The first-order valence-electron chi connectivity index (χ1n) is 7.06. The summed E-state index contributed by atoms with van der Waals surface area (Å²) in [6.07, 6.45) is 4.07. The highest BCUT2D eigenvalue weighted by molar-refractivity contribution is 5.82. The first kappa shape index (κ1) is 14.4. The van der Waals surface area contributed by atoms with E-state index in [-0.39, 0.29) is 30.8 Å². The first-order valence-corrected chi connectivity index (χ1v) is 7.06. The lowest BCUT2D eigenvalue weighted by molar-refractivity contribution is -0.137. The summed E-state index contributed by atoms with van der Waals surface area (Å²) in [5, 5.41) is 3.18. The van der Waals surface area contributed by atoms with Crippen LogP contribution in [0.5, 0.6) is 0 Å². The van der Waals surface area contributed by atoms with Gasteiger partial charge >= 0.3 is 0 Å². The van der Waals surface area contributed by atoms with Crippen LogP contribution in [0.2, 0.25) is 0 Å². The van der Waals surface area contributed by atoms with E-state index in [9.17, 15) is 13.6 Å². The number of nitrogens with zero attached hydrogens (tertiary/aromatic N) is 1. The molecule has 108 valence electrons. The second-order valence-corrected chi connectivity index (χ2v) is 5.52. The van der Waals surface area contributed by atoms with Crippen molar-refractivity contribution in [2.75, 3.05) is 13.1 Å². The fourth-order valence-electron chi connectivity index (χ4n) is 2.99. The fourth-order valence-corrected chi connectivity index (χ4v) is 2.99. The van der Waals surface area contributed by atoms with Gasteiger partial charge in [0.1, 0.15) is 0 Å². The smallest absolute Gasteiger partial charge is 0.248 e. The van der Waals surface area contributed by atoms with Gasteiger partial charge in [-0.15, -0.1) is 6.58 Å². The van der Waals surface area contributed by atoms with Gasteiger partial charge in [0.05, 0.1) is 6.04 Å². The Morgan fingerprint density at radius 1 is 1.37 bits per heavy atom. The molecule has 3 nitrogen and oxygen atoms in total. The molecule has 0 bridgehead atoms. The van der Waals surface area contributed by atoms with E-state index in [1.54, 1.807) is 11.0 Å². The molecule has 1 saturated carbocycles. The van der Waals surface area contributed by atoms with E-state index in [4.69, 9.17) is 0 Å². The highest BCUT2D eigenvalue weighted by Gasteiger charge is 2.39. The minimum Gasteiger partial charge on any atom is -0.335 e. The molecule has 2 rings (SSSR count). The number of alkyl halides is 2. The molecular weight excluding hydrogens is 250 g/mol. The van der Waals surface area contributed by atoms with Gasteiger partial charge in [-0.05, 0) is 32.2 Å². The van der Waals surface area contributed by atoms with Crippen LogP contribution in [0.25, 0.3) is 0 Å². The van der Waals surface area contributed by atoms with Gasteiger partial charge in [0.15, 0.2) is 0 Å². The third kappa shape index (κ3) is 3.53. The number of carbonyl (C=O) groups is 1. The topological polar surface area (TPSA) is 32.3 Å². The van der Waals surface area contributed by atoms with E-state index in [1.165, 1.54) is 0 Å². The quantitative estimate of drug-likeness (QED) is 0.797. The molecule has 5 heteroatoms. The van der Waals surface area contributed by atoms with Gasteiger partial charge in [-0.1, -0.05) is 6.08 Å². The maximum atomic E-state index is 13.2. The average molecular weight is 272 g/mol. The van der Waals surface area contributed by atoms with E-state index in [0.717, 1.165) is 19.4 Å². The maximum absolute atomic E-state index is 13.2. The van der Waals surface area contributed by atoms with Gasteiger partial charge in [0.25, 0.3) is 0 Å². The Kier molecular flexibility index (Phi) is 4.55. The molecule has 1 heterocycles. The lowest BCUT2D eigenvalue weighted by Crippen LogP contribution is -2.50. The lowest BCUT2D eigenvalue weighted by Gasteiger charge is -2.37. The Bertz CT molecular complexity index is 330. The standard InChI is InChI=1S/C14H22F2N2O/c1-2-10-18(13(19)12-4-3-9-17-12)11-5-7-14(15,16)8-6-11/h2,11-12,17H,1,3-10H2/t12-/m0/s1. The lowest BCUT2D eigenvalue weighted by atomic mass is 9.90. The zero-order chi connectivity index (χ0) is 13.9. The van der Waals surface area contributed by atoms with E-state index in [2.05, 4.69) is 11.9 Å². The van der Waals surface area contributed by atoms with Crippen LogP contribution in [0.15, 0.2) is 12.7 Å². The predicted octanol–water partition coefficient (Wildman–Crippen LogP) is 2.33. The van der Waals surface area contributed by atoms with Crippen molar-refractivity contribution in [1.82, 2.24) is 10.2 Å². The summed E-state index contributed by atoms with van der Waals surface area (Å²) >= 11 is 0. The summed E-state index contributed by atoms with van der Waals surface area (Å²) in [4.78, 5) is 14.2. The van der Waals surface area contributed by atoms with Crippen molar-refractivity contribution in [3.8, 4) is 0 Å². The average Bonchev–Trinajstić information content (AvgIpc) is 2.89. The molecule has 0 unspecified atom stereocenters. The molecular formula is C14H22F2N2O. The summed E-state index contributed by atoms with van der Waals surface area (Å²) in [5.74, 6) is -2.50. The summed E-state index contributed by atoms with van der Waals surface area (Å²) in [6.45, 7) is 4.98. The Hall–Kier alpha value is -0.970. The molecule has 1 atom stereocenters. The van der Waals surface area contributed by atoms with Crippen LogP contribution in [0.4, 0.5) is 8.78 Å². The number of amides is 1. The van der Waals surface area contributed by atoms with Gasteiger partial charge in [-0.3, -0.25) is 4.79 Å². The number of hydrogen-bond donors (Lipinski definition) is 1. The largest absolute Gasteiger partial charge is 0.335 e. The monoisotopic (exact) mass is 272 g/mol. The third-order valence-electron chi connectivity index (χ3n) is 4.09. The van der Waals surface area contributed by atoms with E-state index >= 15 is 0 Å². The van der Waals surface area contributed by atoms with E-state index in [1.807, 2.05) is 0 Å². The van der Waals surface area contributed by atoms with Crippen molar-refractivity contribution >= 4 is 5.91 Å². The van der Waals surface area contributed by atoms with Crippen LogP contribution in [-0.2, 0) is 4.79 Å². The Morgan fingerprint density at radius 2 is 2.05 bits per heavy atom. The number of halogens is 2. The molecule has 0 aromatic rings. The van der Waals surface area contributed by atoms with Crippen LogP contribution in [0.3, 0.4) is 0 Å². The second kappa shape index (κ2) is 5.99. The number of rotatable bonds is 4. The summed E-state index contributed by atoms with van der Waals surface area (Å²) in [6, 6.07) is -0.199. The van der Waals surface area contributed by atoms with Crippen molar-refractivity contribution in [3.05, 3.63) is 12.7 Å². The zero-order valence-corrected chi connectivity index (χ0v) is 11.2. The molecule has 2 fully saturated rings. The molecule has 0 aromatic carbocycles. The molecule has 1 aliphatic heterocycles. The minimum atomic E-state index is -2.55. The highest BCUT2D eigenvalue weighted by Crippen LogP contribution is 2.35. The van der Waals surface area contributed by atoms with Crippen molar-refractivity contribution < 1.29 is 13.6 Å². The summed E-state index contributed by atoms with van der Waals surface area (Å²) in [5.41, 5.74) is 0. The van der Waals surface area contributed by atoms with Gasteiger partial charge in [0.2, 0.25) is 11.8 Å². The second-order valence-electron chi connectivity index (χ2n) is 5.52. The van der Waals surface area contributed by atoms with Crippen molar-refractivity contribution in [2.45, 2.75) is 56.5 Å². The molecule has 0 spiro atoms. The highest BCUT2D eigenvalue weighted by atomic mass is 19.3. The normalized spacial score (nSPS) is 27.2. The minimum absolute atomic E-state index is 0.0487. The maximum Gasteiger partial charge on any atom is 0.248 e. The SMILES string of the molecule is C=CCN(C(=O)[C@@H]1CCCN1)C1CCC(F)(F)CC1. The predicted molar refractivity (Wildman–Crippen MR) is 70.1 cm³/mol. The Morgan fingerprint density at radius 3 is 2.58 bits per heavy atom. The van der Waals surface area contributed by atoms with Crippen molar-refractivity contribution in [2.24, 2.45) is 0 Å². The van der Waals surface area contributed by atoms with Crippen LogP contribution < -0.4 is 5.32 Å². The summed E-state index contributed by atoms with van der Waals surface area (Å²) < 4.78 is 26.4. The van der Waals surface area contributed by atoms with Gasteiger partial charge in [-0.25, -0.2) is 8.78 Å². The molecule has 1 aliphatic carbocycles. The molecule has 1 N–H and O–H groups in total. The number of nitrogens with one attached hydrogen (secondary N) is 1. The molecule has 0 radical (unpaired) electrons. The number of hydrogen-bond acceptors (Lipinski definition) is 2. The van der Waals surface area contributed by atoms with Gasteiger partial charge in [-0.2, -0.15) is 0 Å². The summed E-state index contributed by atoms with van der Waals surface area (Å²) in [7, 11) is 0. The Labute approximate surface area is 113 Å². The van der Waals surface area contributed by atoms with Gasteiger partial charge < -0.3 is 10.2 Å². The molecule has 1 saturated heterocycles. The first-order chi connectivity index (χ1) is 9.03. The van der Waals surface area contributed by atoms with Crippen LogP contribution in [0.1, 0.15) is 38.5 Å². The molecule has 0 aromatic heterocycles. The van der Waals surface area contributed by atoms with Crippen molar-refractivity contribution in [3.63, 3.8) is 0 Å². The number of carbonyl (C=O) groups excluding carboxylic acids is 1. The molecule has 19 heavy (non-hydrogen) atoms.